The van der Waals surface area contributed by atoms with Gasteiger partial charge in [0.1, 0.15) is 0 Å². The fourth-order valence-corrected chi connectivity index (χ4v) is 6.34. The van der Waals surface area contributed by atoms with E-state index < -0.39 is 8.32 Å². The molecule has 0 fully saturated rings. The molecule has 0 amide bonds. The van der Waals surface area contributed by atoms with Crippen LogP contribution >= 0.6 is 0 Å². The van der Waals surface area contributed by atoms with Crippen LogP contribution < -0.4 is 0 Å². The van der Waals surface area contributed by atoms with E-state index in [1.54, 1.807) is 0 Å². The van der Waals surface area contributed by atoms with Crippen LogP contribution in [0.5, 0.6) is 0 Å². The summed E-state index contributed by atoms with van der Waals surface area (Å²) >= 11 is 0. The Morgan fingerprint density at radius 2 is 1.59 bits per heavy atom. The quantitative estimate of drug-likeness (QED) is 0.209. The van der Waals surface area contributed by atoms with Gasteiger partial charge in [-0.1, -0.05) is 83.7 Å². The summed E-state index contributed by atoms with van der Waals surface area (Å²) in [4.78, 5) is 0. The van der Waals surface area contributed by atoms with Crippen molar-refractivity contribution in [1.29, 1.82) is 0 Å². The number of ether oxygens (including phenoxy) is 1. The first-order chi connectivity index (χ1) is 12.8. The second-order valence-electron chi connectivity index (χ2n) is 7.64. The summed E-state index contributed by atoms with van der Waals surface area (Å²) in [5.74, 6) is 1.32. The summed E-state index contributed by atoms with van der Waals surface area (Å²) in [5, 5.41) is 0. The molecular weight excluding hydrogens is 348 g/mol. The molecular formula is C24H40O2Si. The molecule has 1 rings (SSSR count). The van der Waals surface area contributed by atoms with E-state index in [1.807, 2.05) is 6.07 Å². The van der Waals surface area contributed by atoms with Gasteiger partial charge in [-0.05, 0) is 37.5 Å². The van der Waals surface area contributed by atoms with E-state index >= 15 is 0 Å². The number of benzene rings is 1. The average Bonchev–Trinajstić information content (AvgIpc) is 2.70. The Balaban J connectivity index is 2.99. The Morgan fingerprint density at radius 3 is 2.07 bits per heavy atom. The van der Waals surface area contributed by atoms with Gasteiger partial charge in [-0.2, -0.15) is 0 Å². The van der Waals surface area contributed by atoms with Crippen LogP contribution in [-0.2, 0) is 9.16 Å². The minimum atomic E-state index is -1.72. The number of hydrogen-bond acceptors (Lipinski definition) is 2. The highest BCUT2D eigenvalue weighted by molar-refractivity contribution is 6.73. The molecule has 0 radical (unpaired) electrons. The SMILES string of the molecule is C=C(O[Si](CC)(CC)CC)[C@@H](C)[C@H](O[C@@H](C)c1ccccc1)[C@H](C)/C=C/C. The van der Waals surface area contributed by atoms with Gasteiger partial charge in [0.15, 0.2) is 0 Å². The summed E-state index contributed by atoms with van der Waals surface area (Å²) in [6.45, 7) is 19.7. The van der Waals surface area contributed by atoms with Crippen molar-refractivity contribution in [2.75, 3.05) is 0 Å². The molecule has 1 aromatic carbocycles. The second-order valence-corrected chi connectivity index (χ2v) is 12.3. The Labute approximate surface area is 168 Å². The van der Waals surface area contributed by atoms with Crippen molar-refractivity contribution in [1.82, 2.24) is 0 Å². The summed E-state index contributed by atoms with van der Waals surface area (Å²) in [5.41, 5.74) is 1.20. The molecule has 1 aromatic rings. The zero-order valence-corrected chi connectivity index (χ0v) is 19.5. The van der Waals surface area contributed by atoms with Crippen molar-refractivity contribution in [2.45, 2.75) is 78.8 Å². The average molecular weight is 389 g/mol. The lowest BCUT2D eigenvalue weighted by Crippen LogP contribution is -2.39. The van der Waals surface area contributed by atoms with Crippen molar-refractivity contribution < 1.29 is 9.16 Å². The van der Waals surface area contributed by atoms with Gasteiger partial charge in [0.2, 0.25) is 8.32 Å². The molecule has 0 saturated carbocycles. The van der Waals surface area contributed by atoms with Crippen molar-refractivity contribution in [3.05, 3.63) is 60.4 Å². The van der Waals surface area contributed by atoms with Gasteiger partial charge >= 0.3 is 0 Å². The largest absolute Gasteiger partial charge is 0.547 e. The fourth-order valence-electron chi connectivity index (χ4n) is 3.67. The minimum Gasteiger partial charge on any atom is -0.547 e. The Kier molecular flexibility index (Phi) is 10.1. The number of rotatable bonds is 12. The first kappa shape index (κ1) is 23.7. The van der Waals surface area contributed by atoms with Crippen molar-refractivity contribution >= 4 is 8.32 Å². The highest BCUT2D eigenvalue weighted by Crippen LogP contribution is 2.33. The monoisotopic (exact) mass is 388 g/mol. The Bertz CT molecular complexity index is 569. The van der Waals surface area contributed by atoms with Crippen LogP contribution in [0.1, 0.15) is 60.1 Å². The van der Waals surface area contributed by atoms with Crippen LogP contribution in [0.25, 0.3) is 0 Å². The lowest BCUT2D eigenvalue weighted by Gasteiger charge is -2.36. The number of allylic oxidation sites excluding steroid dienone is 1. The maximum absolute atomic E-state index is 6.58. The van der Waals surface area contributed by atoms with E-state index in [9.17, 15) is 0 Å². The van der Waals surface area contributed by atoms with Gasteiger partial charge in [0, 0.05) is 11.8 Å². The van der Waals surface area contributed by atoms with E-state index in [2.05, 4.69) is 91.5 Å². The molecule has 0 unspecified atom stereocenters. The highest BCUT2D eigenvalue weighted by Gasteiger charge is 2.35. The Morgan fingerprint density at radius 1 is 1.04 bits per heavy atom. The predicted molar refractivity (Wildman–Crippen MR) is 120 cm³/mol. The lowest BCUT2D eigenvalue weighted by atomic mass is 9.91. The van der Waals surface area contributed by atoms with Crippen LogP contribution in [0.4, 0.5) is 0 Å². The third kappa shape index (κ3) is 6.65. The van der Waals surface area contributed by atoms with Gasteiger partial charge in [0.05, 0.1) is 18.0 Å². The van der Waals surface area contributed by atoms with Crippen molar-refractivity contribution in [2.24, 2.45) is 11.8 Å². The van der Waals surface area contributed by atoms with Gasteiger partial charge in [-0.25, -0.2) is 0 Å². The molecule has 0 heterocycles. The van der Waals surface area contributed by atoms with Gasteiger partial charge in [-0.15, -0.1) is 0 Å². The number of hydrogen-bond donors (Lipinski definition) is 0. The normalized spacial score (nSPS) is 16.7. The zero-order valence-electron chi connectivity index (χ0n) is 18.5. The summed E-state index contributed by atoms with van der Waals surface area (Å²) in [6.07, 6.45) is 4.38. The standard InChI is InChI=1S/C24H40O2Si/c1-9-16-19(5)24(25-22(8)23-17-14-13-15-18-23)20(6)21(7)26-27(10-2,11-3)12-4/h9,13-20,22,24H,7,10-12H2,1-6,8H3/b16-9+/t19-,20-,22+,24-/m1/s1. The minimum absolute atomic E-state index is 0.0289. The molecule has 0 aliphatic rings. The van der Waals surface area contributed by atoms with Crippen LogP contribution in [0, 0.1) is 11.8 Å². The maximum Gasteiger partial charge on any atom is 0.250 e. The zero-order chi connectivity index (χ0) is 20.4. The molecule has 2 nitrogen and oxygen atoms in total. The topological polar surface area (TPSA) is 18.5 Å². The van der Waals surface area contributed by atoms with E-state index in [0.29, 0.717) is 0 Å². The molecule has 0 aliphatic heterocycles. The van der Waals surface area contributed by atoms with E-state index in [0.717, 1.165) is 23.9 Å². The van der Waals surface area contributed by atoms with Crippen LogP contribution in [0.3, 0.4) is 0 Å². The first-order valence-corrected chi connectivity index (χ1v) is 13.1. The smallest absolute Gasteiger partial charge is 0.250 e. The van der Waals surface area contributed by atoms with Crippen molar-refractivity contribution in [3.63, 3.8) is 0 Å². The molecule has 0 aromatic heterocycles. The third-order valence-electron chi connectivity index (χ3n) is 5.93. The fraction of sp³-hybridized carbons (Fsp3) is 0.583. The lowest BCUT2D eigenvalue weighted by molar-refractivity contribution is -0.0496. The molecule has 0 N–H and O–H groups in total. The Hall–Kier alpha value is -1.32. The third-order valence-corrected chi connectivity index (χ3v) is 10.5. The molecule has 0 bridgehead atoms. The molecule has 0 spiro atoms. The van der Waals surface area contributed by atoms with Gasteiger partial charge < -0.3 is 9.16 Å². The molecule has 0 saturated heterocycles. The summed E-state index contributed by atoms with van der Waals surface area (Å²) in [7, 11) is -1.72. The van der Waals surface area contributed by atoms with E-state index in [-0.39, 0.29) is 24.0 Å². The summed E-state index contributed by atoms with van der Waals surface area (Å²) < 4.78 is 13.2. The molecule has 27 heavy (non-hydrogen) atoms. The van der Waals surface area contributed by atoms with Crippen LogP contribution in [-0.4, -0.2) is 14.4 Å². The predicted octanol–water partition coefficient (Wildman–Crippen LogP) is 7.52. The maximum atomic E-state index is 6.58. The first-order valence-electron chi connectivity index (χ1n) is 10.5. The van der Waals surface area contributed by atoms with Gasteiger partial charge in [-0.3, -0.25) is 0 Å². The van der Waals surface area contributed by atoms with E-state index in [4.69, 9.17) is 9.16 Å². The molecule has 4 atom stereocenters. The van der Waals surface area contributed by atoms with Crippen LogP contribution in [0.2, 0.25) is 18.1 Å². The van der Waals surface area contributed by atoms with Gasteiger partial charge in [0.25, 0.3) is 0 Å². The second kappa shape index (κ2) is 11.5. The van der Waals surface area contributed by atoms with Crippen molar-refractivity contribution in [3.8, 4) is 0 Å². The highest BCUT2D eigenvalue weighted by atomic mass is 28.4. The molecule has 152 valence electrons. The summed E-state index contributed by atoms with van der Waals surface area (Å²) in [6, 6.07) is 13.8. The molecule has 0 aliphatic carbocycles. The molecule has 3 heteroatoms. The van der Waals surface area contributed by atoms with Crippen LogP contribution in [0.15, 0.2) is 54.8 Å². The van der Waals surface area contributed by atoms with E-state index in [1.165, 1.54) is 5.56 Å².